The summed E-state index contributed by atoms with van der Waals surface area (Å²) < 4.78 is 10.5. The van der Waals surface area contributed by atoms with Crippen LogP contribution in [0, 0.1) is 0 Å². The van der Waals surface area contributed by atoms with Crippen molar-refractivity contribution >= 4 is 18.1 Å². The maximum atomic E-state index is 13.5. The van der Waals surface area contributed by atoms with Gasteiger partial charge in [-0.3, -0.25) is 4.79 Å². The van der Waals surface area contributed by atoms with E-state index in [1.807, 2.05) is 24.3 Å². The standard InChI is InChI=1S/C27H39N3O6/c1-7-16-35-25(33)28-22(17-20-12-11-15-30(18-20)26(34)36-27(3,4)5)24(32)29(6)19(2)23(31)21-13-9-8-10-14-21/h7-10,12-14,19,22-23,31H,1,11,15-18H2,2-6H3,(H,28,33)/t19-,22+,23+/m0/s1. The summed E-state index contributed by atoms with van der Waals surface area (Å²) >= 11 is 0. The number of amides is 3. The number of hydrogen-bond acceptors (Lipinski definition) is 6. The van der Waals surface area contributed by atoms with Gasteiger partial charge in [0, 0.05) is 20.1 Å². The van der Waals surface area contributed by atoms with Gasteiger partial charge in [-0.2, -0.15) is 0 Å². The van der Waals surface area contributed by atoms with E-state index in [1.165, 1.54) is 11.0 Å². The van der Waals surface area contributed by atoms with Crippen LogP contribution in [0.2, 0.25) is 0 Å². The van der Waals surface area contributed by atoms with Crippen molar-refractivity contribution in [3.8, 4) is 0 Å². The van der Waals surface area contributed by atoms with Gasteiger partial charge >= 0.3 is 12.2 Å². The fourth-order valence-corrected chi connectivity index (χ4v) is 3.81. The van der Waals surface area contributed by atoms with Crippen molar-refractivity contribution < 1.29 is 29.0 Å². The molecule has 9 nitrogen and oxygen atoms in total. The fraction of sp³-hybridized carbons (Fsp3) is 0.519. The molecule has 0 aromatic heterocycles. The second-order valence-corrected chi connectivity index (χ2v) is 9.89. The zero-order chi connectivity index (χ0) is 26.9. The van der Waals surface area contributed by atoms with E-state index in [0.717, 1.165) is 5.57 Å². The number of nitrogens with one attached hydrogen (secondary N) is 1. The van der Waals surface area contributed by atoms with Crippen LogP contribution in [-0.4, -0.2) is 77.4 Å². The zero-order valence-corrected chi connectivity index (χ0v) is 21.9. The number of ether oxygens (including phenoxy) is 2. The van der Waals surface area contributed by atoms with E-state index in [0.29, 0.717) is 18.5 Å². The number of benzene rings is 1. The summed E-state index contributed by atoms with van der Waals surface area (Å²) in [6.07, 6.45) is 2.10. The topological polar surface area (TPSA) is 108 Å². The number of carbonyl (C=O) groups excluding carboxylic acids is 3. The van der Waals surface area contributed by atoms with Crippen molar-refractivity contribution in [2.75, 3.05) is 26.7 Å². The summed E-state index contributed by atoms with van der Waals surface area (Å²) in [6.45, 7) is 11.5. The second kappa shape index (κ2) is 13.1. The molecule has 0 radical (unpaired) electrons. The second-order valence-electron chi connectivity index (χ2n) is 9.89. The molecule has 9 heteroatoms. The SMILES string of the molecule is C=CCOC(=O)N[C@H](CC1=CCCN(C(=O)OC(C)(C)C)C1)C(=O)N(C)[C@@H](C)[C@@H](O)c1ccccc1. The molecular weight excluding hydrogens is 462 g/mol. The number of aliphatic hydroxyl groups is 1. The molecule has 1 aromatic rings. The molecule has 2 N–H and O–H groups in total. The Kier molecular flexibility index (Phi) is 10.5. The van der Waals surface area contributed by atoms with E-state index < -0.39 is 36.0 Å². The molecule has 3 atom stereocenters. The average Bonchev–Trinajstić information content (AvgIpc) is 2.85. The van der Waals surface area contributed by atoms with Gasteiger partial charge in [-0.25, -0.2) is 9.59 Å². The molecule has 198 valence electrons. The number of alkyl carbamates (subject to hydrolysis) is 1. The summed E-state index contributed by atoms with van der Waals surface area (Å²) in [4.78, 5) is 41.4. The van der Waals surface area contributed by atoms with Gasteiger partial charge in [0.2, 0.25) is 5.91 Å². The maximum absolute atomic E-state index is 13.5. The smallest absolute Gasteiger partial charge is 0.410 e. The Morgan fingerprint density at radius 3 is 2.53 bits per heavy atom. The van der Waals surface area contributed by atoms with E-state index in [-0.39, 0.29) is 25.5 Å². The first-order valence-corrected chi connectivity index (χ1v) is 12.1. The van der Waals surface area contributed by atoms with Gasteiger partial charge in [0.15, 0.2) is 0 Å². The van der Waals surface area contributed by atoms with Crippen molar-refractivity contribution in [2.45, 2.75) is 64.3 Å². The van der Waals surface area contributed by atoms with Gasteiger partial charge in [0.25, 0.3) is 0 Å². The summed E-state index contributed by atoms with van der Waals surface area (Å²) in [5.41, 5.74) is 0.882. The lowest BCUT2D eigenvalue weighted by atomic mass is 9.98. The third kappa shape index (κ3) is 8.71. The van der Waals surface area contributed by atoms with Gasteiger partial charge in [0.1, 0.15) is 18.2 Å². The van der Waals surface area contributed by atoms with Crippen LogP contribution in [0.1, 0.15) is 52.2 Å². The Morgan fingerprint density at radius 2 is 1.92 bits per heavy atom. The molecule has 1 aromatic carbocycles. The Bertz CT molecular complexity index is 941. The van der Waals surface area contributed by atoms with E-state index in [1.54, 1.807) is 51.8 Å². The van der Waals surface area contributed by atoms with E-state index in [2.05, 4.69) is 11.9 Å². The predicted molar refractivity (Wildman–Crippen MR) is 137 cm³/mol. The third-order valence-corrected chi connectivity index (χ3v) is 5.82. The van der Waals surface area contributed by atoms with Crippen LogP contribution in [0.4, 0.5) is 9.59 Å². The van der Waals surface area contributed by atoms with Crippen LogP contribution in [0.3, 0.4) is 0 Å². The molecule has 1 heterocycles. The molecule has 3 amide bonds. The minimum absolute atomic E-state index is 0.000819. The molecule has 0 spiro atoms. The summed E-state index contributed by atoms with van der Waals surface area (Å²) in [5, 5.41) is 13.5. The van der Waals surface area contributed by atoms with Crippen LogP contribution in [0.5, 0.6) is 0 Å². The highest BCUT2D eigenvalue weighted by Crippen LogP contribution is 2.23. The van der Waals surface area contributed by atoms with Crippen LogP contribution in [0.25, 0.3) is 0 Å². The summed E-state index contributed by atoms with van der Waals surface area (Å²) in [6, 6.07) is 7.55. The van der Waals surface area contributed by atoms with E-state index in [4.69, 9.17) is 9.47 Å². The molecule has 0 bridgehead atoms. The molecule has 0 saturated carbocycles. The van der Waals surface area contributed by atoms with Crippen molar-refractivity contribution in [3.63, 3.8) is 0 Å². The van der Waals surface area contributed by atoms with Crippen molar-refractivity contribution in [1.29, 1.82) is 0 Å². The van der Waals surface area contributed by atoms with E-state index in [9.17, 15) is 19.5 Å². The molecule has 0 fully saturated rings. The molecule has 0 unspecified atom stereocenters. The van der Waals surface area contributed by atoms with Crippen LogP contribution >= 0.6 is 0 Å². The Labute approximate surface area is 213 Å². The number of nitrogens with zero attached hydrogens (tertiary/aromatic N) is 2. The largest absolute Gasteiger partial charge is 0.445 e. The first kappa shape index (κ1) is 28.9. The number of hydrogen-bond donors (Lipinski definition) is 2. The molecule has 1 aliphatic rings. The highest BCUT2D eigenvalue weighted by molar-refractivity contribution is 5.86. The molecular formula is C27H39N3O6. The lowest BCUT2D eigenvalue weighted by Gasteiger charge is -2.34. The Hall–Kier alpha value is -3.33. The molecule has 36 heavy (non-hydrogen) atoms. The van der Waals surface area contributed by atoms with Gasteiger partial charge in [-0.1, -0.05) is 54.6 Å². The monoisotopic (exact) mass is 501 g/mol. The van der Waals surface area contributed by atoms with Crippen LogP contribution in [0.15, 0.2) is 54.6 Å². The fourth-order valence-electron chi connectivity index (χ4n) is 3.81. The minimum atomic E-state index is -0.956. The number of rotatable bonds is 9. The van der Waals surface area contributed by atoms with E-state index >= 15 is 0 Å². The Morgan fingerprint density at radius 1 is 1.25 bits per heavy atom. The van der Waals surface area contributed by atoms with Gasteiger partial charge in [0.05, 0.1) is 12.1 Å². The zero-order valence-electron chi connectivity index (χ0n) is 21.9. The third-order valence-electron chi connectivity index (χ3n) is 5.82. The number of carbonyl (C=O) groups is 3. The lowest BCUT2D eigenvalue weighted by Crippen LogP contribution is -2.51. The molecule has 2 rings (SSSR count). The first-order valence-electron chi connectivity index (χ1n) is 12.1. The summed E-state index contributed by atoms with van der Waals surface area (Å²) in [7, 11) is 1.59. The van der Waals surface area contributed by atoms with Gasteiger partial charge in [-0.05, 0) is 46.1 Å². The van der Waals surface area contributed by atoms with Crippen molar-refractivity contribution in [1.82, 2.24) is 15.1 Å². The molecule has 0 aliphatic carbocycles. The normalized spacial score (nSPS) is 16.2. The summed E-state index contributed by atoms with van der Waals surface area (Å²) in [5.74, 6) is -0.386. The predicted octanol–water partition coefficient (Wildman–Crippen LogP) is 3.81. The maximum Gasteiger partial charge on any atom is 0.410 e. The molecule has 0 saturated heterocycles. The number of aliphatic hydroxyl groups excluding tert-OH is 1. The first-order chi connectivity index (χ1) is 16.9. The highest BCUT2D eigenvalue weighted by atomic mass is 16.6. The highest BCUT2D eigenvalue weighted by Gasteiger charge is 2.32. The number of likely N-dealkylation sites (N-methyl/N-ethyl adjacent to an activating group) is 1. The van der Waals surface area contributed by atoms with Crippen LogP contribution in [-0.2, 0) is 14.3 Å². The average molecular weight is 502 g/mol. The van der Waals surface area contributed by atoms with Gasteiger partial charge < -0.3 is 29.7 Å². The van der Waals surface area contributed by atoms with Gasteiger partial charge in [-0.15, -0.1) is 0 Å². The van der Waals surface area contributed by atoms with Crippen LogP contribution < -0.4 is 5.32 Å². The minimum Gasteiger partial charge on any atom is -0.445 e. The lowest BCUT2D eigenvalue weighted by molar-refractivity contribution is -0.136. The van der Waals surface area contributed by atoms with Crippen molar-refractivity contribution in [3.05, 3.63) is 60.2 Å². The Balaban J connectivity index is 2.16. The molecule has 1 aliphatic heterocycles. The van der Waals surface area contributed by atoms with Crippen molar-refractivity contribution in [2.24, 2.45) is 0 Å². The quantitative estimate of drug-likeness (QED) is 0.498.